The minimum Gasteiger partial charge on any atom is -0.505 e. The number of hydrazine groups is 1. The van der Waals surface area contributed by atoms with Crippen LogP contribution in [0.4, 0.5) is 4.39 Å². The maximum Gasteiger partial charge on any atom is 0.286 e. The molecule has 0 unspecified atom stereocenters. The zero-order valence-electron chi connectivity index (χ0n) is 21.3. The van der Waals surface area contributed by atoms with Crippen LogP contribution in [0.3, 0.4) is 0 Å². The lowest BCUT2D eigenvalue weighted by atomic mass is 9.48. The van der Waals surface area contributed by atoms with Crippen molar-refractivity contribution in [1.82, 2.24) is 10.4 Å². The van der Waals surface area contributed by atoms with E-state index in [1.54, 1.807) is 0 Å². The van der Waals surface area contributed by atoms with Gasteiger partial charge in [0.25, 0.3) is 5.91 Å². The first kappa shape index (κ1) is 24.4. The maximum absolute atomic E-state index is 15.2. The number of thioether (sulfide) groups is 1. The Morgan fingerprint density at radius 2 is 1.76 bits per heavy atom. The average molecular weight is 534 g/mol. The third kappa shape index (κ3) is 4.46. The Bertz CT molecular complexity index is 1310. The Kier molecular flexibility index (Phi) is 6.09. The summed E-state index contributed by atoms with van der Waals surface area (Å²) in [6, 6.07) is 11.3. The van der Waals surface area contributed by atoms with Crippen LogP contribution < -0.4 is 5.43 Å². The van der Waals surface area contributed by atoms with Gasteiger partial charge in [-0.3, -0.25) is 10.2 Å². The molecule has 8 heteroatoms. The Balaban J connectivity index is 1.15. The first-order valence-corrected chi connectivity index (χ1v) is 14.5. The molecule has 4 bridgehead atoms. The van der Waals surface area contributed by atoms with E-state index in [4.69, 9.17) is 4.74 Å². The number of phenolic OH excluding ortho intramolecular Hbond substituents is 1. The lowest BCUT2D eigenvalue weighted by Crippen LogP contribution is -2.48. The highest BCUT2D eigenvalue weighted by molar-refractivity contribution is 8.18. The number of nitrogens with one attached hydrogen (secondary N) is 1. The molecule has 38 heavy (non-hydrogen) atoms. The molecular formula is C30H32FN3O3S. The lowest BCUT2D eigenvalue weighted by Gasteiger charge is -2.57. The highest BCUT2D eigenvalue weighted by Gasteiger charge is 2.52. The zero-order valence-corrected chi connectivity index (χ0v) is 22.1. The number of hydrogen-bond acceptors (Lipinski definition) is 6. The van der Waals surface area contributed by atoms with Crippen LogP contribution in [0.2, 0.25) is 0 Å². The predicted molar refractivity (Wildman–Crippen MR) is 147 cm³/mol. The van der Waals surface area contributed by atoms with E-state index in [1.807, 2.05) is 41.4 Å². The Hall–Kier alpha value is -2.68. The SMILES string of the molecule is O=C1N=C(NN2CCOCC2)S/C1=C/c1cccc(-c2cc(F)c(O)c(C34CC5CC(CC(C5)C3)C4)c2)c1. The summed E-state index contributed by atoms with van der Waals surface area (Å²) >= 11 is 1.32. The van der Waals surface area contributed by atoms with Gasteiger partial charge < -0.3 is 9.84 Å². The molecule has 6 aliphatic rings. The van der Waals surface area contributed by atoms with Crippen molar-refractivity contribution in [2.75, 3.05) is 26.3 Å². The molecule has 2 heterocycles. The van der Waals surface area contributed by atoms with Gasteiger partial charge in [0, 0.05) is 18.7 Å². The van der Waals surface area contributed by atoms with Crippen LogP contribution in [-0.2, 0) is 14.9 Å². The van der Waals surface area contributed by atoms with E-state index in [9.17, 15) is 9.90 Å². The highest BCUT2D eigenvalue weighted by atomic mass is 32.2. The number of ether oxygens (including phenoxy) is 1. The zero-order chi connectivity index (χ0) is 25.9. The normalized spacial score (nSPS) is 31.7. The maximum atomic E-state index is 15.2. The van der Waals surface area contributed by atoms with Crippen LogP contribution in [0.1, 0.15) is 49.7 Å². The second-order valence-electron chi connectivity index (χ2n) is 11.7. The van der Waals surface area contributed by atoms with Gasteiger partial charge in [0.15, 0.2) is 16.7 Å². The van der Waals surface area contributed by atoms with E-state index < -0.39 is 5.82 Å². The summed E-state index contributed by atoms with van der Waals surface area (Å²) in [5, 5.41) is 13.5. The molecule has 1 amide bonds. The number of halogens is 1. The van der Waals surface area contributed by atoms with Crippen molar-refractivity contribution < 1.29 is 19.0 Å². The third-order valence-electron chi connectivity index (χ3n) is 9.08. The number of morpholine rings is 1. The van der Waals surface area contributed by atoms with Crippen LogP contribution in [0.5, 0.6) is 5.75 Å². The van der Waals surface area contributed by atoms with Crippen molar-refractivity contribution in [3.8, 4) is 16.9 Å². The van der Waals surface area contributed by atoms with Crippen molar-refractivity contribution >= 4 is 28.9 Å². The summed E-state index contributed by atoms with van der Waals surface area (Å²) in [6.07, 6.45) is 8.89. The topological polar surface area (TPSA) is 74.2 Å². The minimum atomic E-state index is -0.550. The molecule has 0 atom stereocenters. The summed E-state index contributed by atoms with van der Waals surface area (Å²) in [5.41, 5.74) is 6.39. The van der Waals surface area contributed by atoms with Crippen LogP contribution in [0, 0.1) is 23.6 Å². The van der Waals surface area contributed by atoms with E-state index in [0.717, 1.165) is 54.6 Å². The summed E-state index contributed by atoms with van der Waals surface area (Å²) in [5.74, 6) is 1.12. The second-order valence-corrected chi connectivity index (χ2v) is 12.8. The van der Waals surface area contributed by atoms with Gasteiger partial charge in [0.1, 0.15) is 0 Å². The fraction of sp³-hybridized carbons (Fsp3) is 0.467. The van der Waals surface area contributed by atoms with E-state index in [-0.39, 0.29) is 17.1 Å². The number of benzene rings is 2. The molecular weight excluding hydrogens is 501 g/mol. The Labute approximate surface area is 226 Å². The third-order valence-corrected chi connectivity index (χ3v) is 9.96. The number of amides is 1. The van der Waals surface area contributed by atoms with Gasteiger partial charge >= 0.3 is 0 Å². The molecule has 2 aliphatic heterocycles. The first-order chi connectivity index (χ1) is 18.4. The number of amidine groups is 1. The largest absolute Gasteiger partial charge is 0.505 e. The van der Waals surface area contributed by atoms with E-state index in [0.29, 0.717) is 41.0 Å². The molecule has 4 saturated carbocycles. The van der Waals surface area contributed by atoms with Gasteiger partial charge in [0.05, 0.1) is 18.1 Å². The predicted octanol–water partition coefficient (Wildman–Crippen LogP) is 5.47. The smallest absolute Gasteiger partial charge is 0.286 e. The Morgan fingerprint density at radius 3 is 2.47 bits per heavy atom. The molecule has 198 valence electrons. The van der Waals surface area contributed by atoms with Crippen LogP contribution >= 0.6 is 11.8 Å². The number of hydrogen-bond donors (Lipinski definition) is 2. The van der Waals surface area contributed by atoms with Crippen molar-refractivity contribution in [2.24, 2.45) is 22.7 Å². The van der Waals surface area contributed by atoms with E-state index in [1.165, 1.54) is 37.1 Å². The average Bonchev–Trinajstić information content (AvgIpc) is 3.23. The van der Waals surface area contributed by atoms with Gasteiger partial charge in [-0.25, -0.2) is 9.40 Å². The van der Waals surface area contributed by atoms with Crippen molar-refractivity contribution in [3.05, 3.63) is 58.2 Å². The molecule has 0 spiro atoms. The minimum absolute atomic E-state index is 0.108. The van der Waals surface area contributed by atoms with Crippen LogP contribution in [0.25, 0.3) is 17.2 Å². The van der Waals surface area contributed by atoms with Crippen molar-refractivity contribution in [1.29, 1.82) is 0 Å². The summed E-state index contributed by atoms with van der Waals surface area (Å²) in [6.45, 7) is 2.78. The second kappa shape index (κ2) is 9.50. The fourth-order valence-corrected chi connectivity index (χ4v) is 8.68. The monoisotopic (exact) mass is 533 g/mol. The number of phenols is 1. The van der Waals surface area contributed by atoms with Crippen molar-refractivity contribution in [2.45, 2.75) is 43.9 Å². The van der Waals surface area contributed by atoms with Crippen LogP contribution in [0.15, 0.2) is 46.3 Å². The van der Waals surface area contributed by atoms with Gasteiger partial charge in [-0.1, -0.05) is 18.2 Å². The summed E-state index contributed by atoms with van der Waals surface area (Å²) in [7, 11) is 0. The number of aromatic hydroxyl groups is 1. The highest BCUT2D eigenvalue weighted by Crippen LogP contribution is 2.62. The molecule has 2 aromatic rings. The number of aliphatic imine (C=N–C) groups is 1. The molecule has 6 nitrogen and oxygen atoms in total. The molecule has 2 aromatic carbocycles. The first-order valence-electron chi connectivity index (χ1n) is 13.7. The quantitative estimate of drug-likeness (QED) is 0.508. The van der Waals surface area contributed by atoms with E-state index >= 15 is 4.39 Å². The molecule has 4 aliphatic carbocycles. The fourth-order valence-electron chi connectivity index (χ4n) is 7.84. The summed E-state index contributed by atoms with van der Waals surface area (Å²) < 4.78 is 20.6. The molecule has 2 N–H and O–H groups in total. The molecule has 8 rings (SSSR count). The van der Waals surface area contributed by atoms with Gasteiger partial charge in [-0.15, -0.1) is 0 Å². The standard InChI is InChI=1S/C30H32FN3O3S/c31-25-14-23(13-24(27(25)35)30-15-19-8-20(16-30)10-21(9-19)17-30)22-3-1-2-18(11-22)12-26-28(36)32-29(38-26)33-34-4-6-37-7-5-34/h1-3,11-14,19-21,35H,4-10,15-17H2,(H,32,33,36)/b26-12+. The van der Waals surface area contributed by atoms with E-state index in [2.05, 4.69) is 10.4 Å². The van der Waals surface area contributed by atoms with Gasteiger partial charge in [-0.2, -0.15) is 4.99 Å². The molecule has 0 aromatic heterocycles. The molecule has 1 saturated heterocycles. The van der Waals surface area contributed by atoms with Crippen LogP contribution in [-0.4, -0.2) is 47.5 Å². The lowest BCUT2D eigenvalue weighted by molar-refractivity contribution is -0.113. The number of carbonyl (C=O) groups excluding carboxylic acids is 1. The molecule has 5 fully saturated rings. The number of rotatable bonds is 4. The van der Waals surface area contributed by atoms with Crippen molar-refractivity contribution in [3.63, 3.8) is 0 Å². The number of nitrogens with zero attached hydrogens (tertiary/aromatic N) is 2. The Morgan fingerprint density at radius 1 is 1.05 bits per heavy atom. The number of carbonyl (C=O) groups is 1. The molecule has 0 radical (unpaired) electrons. The van der Waals surface area contributed by atoms with Gasteiger partial charge in [-0.05, 0) is 114 Å². The van der Waals surface area contributed by atoms with Gasteiger partial charge in [0.2, 0.25) is 0 Å². The summed E-state index contributed by atoms with van der Waals surface area (Å²) in [4.78, 5) is 17.3.